The molecule has 36 heavy (non-hydrogen) atoms. The maximum absolute atomic E-state index is 14.8. The zero-order valence-corrected chi connectivity index (χ0v) is 20.9. The number of rotatable bonds is 9. The van der Waals surface area contributed by atoms with E-state index in [1.807, 2.05) is 6.92 Å². The van der Waals surface area contributed by atoms with Crippen LogP contribution in [0.25, 0.3) is 10.9 Å². The first-order valence-electron chi connectivity index (χ1n) is 11.8. The summed E-state index contributed by atoms with van der Waals surface area (Å²) in [6.07, 6.45) is -2.52. The molecule has 1 aliphatic carbocycles. The van der Waals surface area contributed by atoms with Crippen molar-refractivity contribution in [3.8, 4) is 11.5 Å². The van der Waals surface area contributed by atoms with Gasteiger partial charge >= 0.3 is 6.18 Å². The quantitative estimate of drug-likeness (QED) is 0.352. The van der Waals surface area contributed by atoms with Crippen LogP contribution in [0.2, 0.25) is 0 Å². The molecule has 1 aliphatic rings. The number of anilines is 1. The third-order valence-electron chi connectivity index (χ3n) is 6.29. The highest BCUT2D eigenvalue weighted by atomic mass is 19.4. The van der Waals surface area contributed by atoms with Crippen LogP contribution in [0.15, 0.2) is 30.3 Å². The van der Waals surface area contributed by atoms with Gasteiger partial charge in [0.15, 0.2) is 11.5 Å². The van der Waals surface area contributed by atoms with Crippen molar-refractivity contribution in [2.75, 3.05) is 26.0 Å². The number of benzene rings is 2. The zero-order chi connectivity index (χ0) is 26.2. The lowest BCUT2D eigenvalue weighted by molar-refractivity contribution is -0.140. The highest BCUT2D eigenvalue weighted by Crippen LogP contribution is 2.38. The van der Waals surface area contributed by atoms with Crippen LogP contribution in [-0.2, 0) is 6.18 Å². The van der Waals surface area contributed by atoms with Gasteiger partial charge in [0.05, 0.1) is 24.2 Å². The second-order valence-corrected chi connectivity index (χ2v) is 9.31. The second-order valence-electron chi connectivity index (χ2n) is 9.31. The van der Waals surface area contributed by atoms with Crippen molar-refractivity contribution >= 4 is 16.7 Å². The monoisotopic (exact) mass is 506 g/mol. The molecular formula is C26H30F4N4O2. The molecule has 0 bridgehead atoms. The van der Waals surface area contributed by atoms with Gasteiger partial charge in [-0.1, -0.05) is 12.1 Å². The average Bonchev–Trinajstić information content (AvgIpc) is 3.64. The van der Waals surface area contributed by atoms with Crippen LogP contribution in [0.3, 0.4) is 0 Å². The molecule has 2 atom stereocenters. The lowest BCUT2D eigenvalue weighted by Crippen LogP contribution is -2.32. The molecule has 1 N–H and O–H groups in total. The fourth-order valence-corrected chi connectivity index (χ4v) is 4.32. The molecule has 6 nitrogen and oxygen atoms in total. The number of hydrogen-bond acceptors (Lipinski definition) is 6. The van der Waals surface area contributed by atoms with Crippen molar-refractivity contribution in [1.82, 2.24) is 14.9 Å². The molecule has 2 aromatic carbocycles. The molecule has 10 heteroatoms. The zero-order valence-electron chi connectivity index (χ0n) is 20.9. The van der Waals surface area contributed by atoms with Crippen LogP contribution in [-0.4, -0.2) is 47.7 Å². The summed E-state index contributed by atoms with van der Waals surface area (Å²) in [5, 5.41) is 3.65. The van der Waals surface area contributed by atoms with E-state index in [9.17, 15) is 17.6 Å². The Balaban J connectivity index is 1.66. The molecule has 194 valence electrons. The average molecular weight is 507 g/mol. The van der Waals surface area contributed by atoms with Crippen molar-refractivity contribution < 1.29 is 27.0 Å². The molecule has 3 aromatic rings. The molecule has 1 saturated carbocycles. The number of halogens is 4. The van der Waals surface area contributed by atoms with Crippen molar-refractivity contribution in [3.63, 3.8) is 0 Å². The summed E-state index contributed by atoms with van der Waals surface area (Å²) in [5.74, 6) is 0.493. The lowest BCUT2D eigenvalue weighted by atomic mass is 10.0. The van der Waals surface area contributed by atoms with Crippen molar-refractivity contribution in [2.45, 2.75) is 58.0 Å². The molecule has 0 radical (unpaired) electrons. The van der Waals surface area contributed by atoms with Gasteiger partial charge in [-0.2, -0.15) is 13.2 Å². The smallest absolute Gasteiger partial charge is 0.419 e. The van der Waals surface area contributed by atoms with Gasteiger partial charge < -0.3 is 14.8 Å². The number of nitrogens with zero attached hydrogens (tertiary/aromatic N) is 3. The number of alkyl halides is 3. The molecule has 0 aliphatic heterocycles. The third-order valence-corrected chi connectivity index (χ3v) is 6.29. The molecule has 0 amide bonds. The molecule has 4 rings (SSSR count). The van der Waals surface area contributed by atoms with E-state index in [2.05, 4.69) is 27.2 Å². The number of fused-ring (bicyclic) bond motifs is 1. The van der Waals surface area contributed by atoms with E-state index in [4.69, 9.17) is 9.47 Å². The molecule has 1 aromatic heterocycles. The van der Waals surface area contributed by atoms with E-state index in [0.717, 1.165) is 12.6 Å². The summed E-state index contributed by atoms with van der Waals surface area (Å²) in [4.78, 5) is 11.2. The number of ether oxygens (including phenoxy) is 2. The van der Waals surface area contributed by atoms with E-state index in [1.165, 1.54) is 25.0 Å². The highest BCUT2D eigenvalue weighted by molar-refractivity contribution is 5.92. The van der Waals surface area contributed by atoms with Gasteiger partial charge in [0, 0.05) is 29.6 Å². The van der Waals surface area contributed by atoms with Crippen LogP contribution >= 0.6 is 0 Å². The Kier molecular flexibility index (Phi) is 7.26. The Bertz CT molecular complexity index is 1250. The van der Waals surface area contributed by atoms with Crippen LogP contribution in [0.4, 0.5) is 23.4 Å². The SMILES string of the molecule is COc1cc2nc(C)nc(N[C@H](C)c3cccc(C(F)(F)F)c3F)c2cc1O[C@H](C)CN(C)C1CC1. The van der Waals surface area contributed by atoms with Gasteiger partial charge in [0.1, 0.15) is 23.6 Å². The van der Waals surface area contributed by atoms with Crippen LogP contribution < -0.4 is 14.8 Å². The summed E-state index contributed by atoms with van der Waals surface area (Å²) < 4.78 is 66.1. The summed E-state index contributed by atoms with van der Waals surface area (Å²) in [6.45, 7) is 6.00. The largest absolute Gasteiger partial charge is 0.493 e. The van der Waals surface area contributed by atoms with Crippen LogP contribution in [0, 0.1) is 12.7 Å². The Hall–Kier alpha value is -3.14. The molecular weight excluding hydrogens is 476 g/mol. The first-order chi connectivity index (χ1) is 17.0. The maximum Gasteiger partial charge on any atom is 0.419 e. The molecule has 1 fully saturated rings. The fourth-order valence-electron chi connectivity index (χ4n) is 4.32. The van der Waals surface area contributed by atoms with Gasteiger partial charge in [-0.3, -0.25) is 4.90 Å². The highest BCUT2D eigenvalue weighted by Gasteiger charge is 2.35. The Morgan fingerprint density at radius 2 is 1.86 bits per heavy atom. The Labute approximate surface area is 207 Å². The van der Waals surface area contributed by atoms with E-state index in [1.54, 1.807) is 33.1 Å². The van der Waals surface area contributed by atoms with Crippen molar-refractivity contribution in [2.24, 2.45) is 0 Å². The van der Waals surface area contributed by atoms with Gasteiger partial charge in [-0.05, 0) is 52.8 Å². The van der Waals surface area contributed by atoms with Crippen LogP contribution in [0.5, 0.6) is 11.5 Å². The minimum atomic E-state index is -4.79. The fraction of sp³-hybridized carbons (Fsp3) is 0.462. The molecule has 0 saturated heterocycles. The molecule has 1 heterocycles. The summed E-state index contributed by atoms with van der Waals surface area (Å²) in [7, 11) is 3.61. The first-order valence-corrected chi connectivity index (χ1v) is 11.8. The van der Waals surface area contributed by atoms with Crippen molar-refractivity contribution in [3.05, 3.63) is 53.1 Å². The van der Waals surface area contributed by atoms with Crippen LogP contribution in [0.1, 0.15) is 49.7 Å². The number of aromatic nitrogens is 2. The van der Waals surface area contributed by atoms with Gasteiger partial charge in [-0.15, -0.1) is 0 Å². The number of nitrogens with one attached hydrogen (secondary N) is 1. The van der Waals surface area contributed by atoms with E-state index in [-0.39, 0.29) is 11.7 Å². The van der Waals surface area contributed by atoms with E-state index < -0.39 is 23.6 Å². The molecule has 0 unspecified atom stereocenters. The number of likely N-dealkylation sites (N-methyl/N-ethyl adjacent to an activating group) is 1. The Morgan fingerprint density at radius 3 is 2.50 bits per heavy atom. The number of hydrogen-bond donors (Lipinski definition) is 1. The topological polar surface area (TPSA) is 59.5 Å². The number of aryl methyl sites for hydroxylation is 1. The number of methoxy groups -OCH3 is 1. The van der Waals surface area contributed by atoms with E-state index >= 15 is 0 Å². The summed E-state index contributed by atoms with van der Waals surface area (Å²) >= 11 is 0. The molecule has 0 spiro atoms. The van der Waals surface area contributed by atoms with Gasteiger partial charge in [0.2, 0.25) is 0 Å². The summed E-state index contributed by atoms with van der Waals surface area (Å²) in [6, 6.07) is 6.53. The third kappa shape index (κ3) is 5.64. The van der Waals surface area contributed by atoms with Gasteiger partial charge in [0.25, 0.3) is 0 Å². The van der Waals surface area contributed by atoms with E-state index in [0.29, 0.717) is 40.1 Å². The van der Waals surface area contributed by atoms with Gasteiger partial charge in [-0.25, -0.2) is 14.4 Å². The van der Waals surface area contributed by atoms with Crippen molar-refractivity contribution in [1.29, 1.82) is 0 Å². The maximum atomic E-state index is 14.8. The standard InChI is InChI=1S/C26H30F4N4O2/c1-14(13-34(4)17-9-10-17)36-23-11-19-21(12-22(23)35-5)32-16(3)33-25(19)31-15(2)18-7-6-8-20(24(18)27)26(28,29)30/h6-8,11-12,14-15,17H,9-10,13H2,1-5H3,(H,31,32,33)/t14-,15-/m1/s1. The second kappa shape index (κ2) is 10.1. The predicted octanol–water partition coefficient (Wildman–Crippen LogP) is 6.14. The Morgan fingerprint density at radius 1 is 1.14 bits per heavy atom. The predicted molar refractivity (Wildman–Crippen MR) is 130 cm³/mol. The minimum Gasteiger partial charge on any atom is -0.493 e. The summed E-state index contributed by atoms with van der Waals surface area (Å²) in [5.41, 5.74) is -0.854. The normalized spacial score (nSPS) is 15.7. The minimum absolute atomic E-state index is 0.115. The first kappa shape index (κ1) is 25.9. The lowest BCUT2D eigenvalue weighted by Gasteiger charge is -2.23.